The zero-order valence-electron chi connectivity index (χ0n) is 5.07. The van der Waals surface area contributed by atoms with E-state index in [4.69, 9.17) is 0 Å². The van der Waals surface area contributed by atoms with Gasteiger partial charge in [0.2, 0.25) is 0 Å². The van der Waals surface area contributed by atoms with Crippen molar-refractivity contribution >= 4 is 0 Å². The molecule has 2 unspecified atom stereocenters. The summed E-state index contributed by atoms with van der Waals surface area (Å²) in [5.74, 6) is 0.544. The van der Waals surface area contributed by atoms with Crippen molar-refractivity contribution in [2.75, 3.05) is 0 Å². The van der Waals surface area contributed by atoms with Crippen molar-refractivity contribution in [1.82, 2.24) is 0 Å². The minimum Gasteiger partial charge on any atom is -0.185 e. The first-order valence-electron chi connectivity index (χ1n) is 3.20. The molecule has 1 aliphatic carbocycles. The Labute approximate surface area is 54.0 Å². The van der Waals surface area contributed by atoms with E-state index in [2.05, 4.69) is 28.5 Å². The maximum absolute atomic E-state index is 4.07. The summed E-state index contributed by atoms with van der Waals surface area (Å²) in [5.41, 5.74) is 0. The highest BCUT2D eigenvalue weighted by Crippen LogP contribution is 2.25. The predicted molar refractivity (Wildman–Crippen MR) is 35.0 cm³/mol. The lowest BCUT2D eigenvalue weighted by Gasteiger charge is -2.10. The van der Waals surface area contributed by atoms with Crippen LogP contribution in [0.1, 0.15) is 6.42 Å². The average molecular weight is 120 g/mol. The number of hydrogen-bond acceptors (Lipinski definition) is 2. The van der Waals surface area contributed by atoms with Gasteiger partial charge < -0.3 is 0 Å². The smallest absolute Gasteiger partial charge is 0.0844 e. The van der Waals surface area contributed by atoms with Crippen molar-refractivity contribution in [3.63, 3.8) is 0 Å². The molecule has 2 nitrogen and oxygen atoms in total. The summed E-state index contributed by atoms with van der Waals surface area (Å²) in [5, 5.41) is 7.89. The van der Waals surface area contributed by atoms with Crippen molar-refractivity contribution in [2.45, 2.75) is 12.5 Å². The van der Waals surface area contributed by atoms with Gasteiger partial charge in [-0.25, -0.2) is 0 Å². The molecule has 2 atom stereocenters. The normalized spacial score (nSPS) is 37.3. The second-order valence-electron chi connectivity index (χ2n) is 2.38. The van der Waals surface area contributed by atoms with E-state index in [0.717, 1.165) is 6.42 Å². The Bertz CT molecular complexity index is 191. The van der Waals surface area contributed by atoms with Gasteiger partial charge in [-0.3, -0.25) is 0 Å². The summed E-state index contributed by atoms with van der Waals surface area (Å²) in [6.07, 6.45) is 9.31. The van der Waals surface area contributed by atoms with Gasteiger partial charge in [0.15, 0.2) is 0 Å². The number of azo groups is 1. The van der Waals surface area contributed by atoms with Crippen LogP contribution in [0.25, 0.3) is 0 Å². The number of nitrogens with zero attached hydrogens (tertiary/aromatic N) is 2. The third-order valence-corrected chi connectivity index (χ3v) is 1.77. The van der Waals surface area contributed by atoms with Crippen LogP contribution in [0.4, 0.5) is 0 Å². The lowest BCUT2D eigenvalue weighted by atomic mass is 10.0. The van der Waals surface area contributed by atoms with E-state index in [9.17, 15) is 0 Å². The van der Waals surface area contributed by atoms with Crippen LogP contribution in [-0.2, 0) is 0 Å². The lowest BCUT2D eigenvalue weighted by molar-refractivity contribution is 0.583. The summed E-state index contributed by atoms with van der Waals surface area (Å²) in [7, 11) is 0. The van der Waals surface area contributed by atoms with E-state index in [1.807, 2.05) is 0 Å². The van der Waals surface area contributed by atoms with Crippen LogP contribution in [0.15, 0.2) is 34.7 Å². The van der Waals surface area contributed by atoms with Gasteiger partial charge in [-0.15, -0.1) is 0 Å². The molecule has 2 heteroatoms. The average Bonchev–Trinajstić information content (AvgIpc) is 2.33. The molecule has 0 N–H and O–H groups in total. The Morgan fingerprint density at radius 1 is 1.33 bits per heavy atom. The van der Waals surface area contributed by atoms with Crippen LogP contribution >= 0.6 is 0 Å². The second-order valence-corrected chi connectivity index (χ2v) is 2.38. The fourth-order valence-electron chi connectivity index (χ4n) is 1.24. The van der Waals surface area contributed by atoms with Gasteiger partial charge in [-0.05, 0) is 6.42 Å². The summed E-state index contributed by atoms with van der Waals surface area (Å²) in [6, 6.07) is 0.426. The molecule has 0 bridgehead atoms. The van der Waals surface area contributed by atoms with E-state index < -0.39 is 0 Å². The Hall–Kier alpha value is -0.920. The van der Waals surface area contributed by atoms with Gasteiger partial charge in [0.05, 0.1) is 6.04 Å². The molecule has 0 fully saturated rings. The minimum atomic E-state index is 0.426. The fraction of sp³-hybridized carbons (Fsp3) is 0.429. The maximum atomic E-state index is 4.07. The van der Waals surface area contributed by atoms with E-state index in [-0.39, 0.29) is 0 Å². The second kappa shape index (κ2) is 1.79. The topological polar surface area (TPSA) is 24.7 Å². The molecule has 0 spiro atoms. The first kappa shape index (κ1) is 4.91. The van der Waals surface area contributed by atoms with Crippen LogP contribution in [0.2, 0.25) is 0 Å². The van der Waals surface area contributed by atoms with Gasteiger partial charge in [0.25, 0.3) is 0 Å². The van der Waals surface area contributed by atoms with E-state index in [0.29, 0.717) is 12.0 Å². The quantitative estimate of drug-likeness (QED) is 0.436. The summed E-state index contributed by atoms with van der Waals surface area (Å²) >= 11 is 0. The highest BCUT2D eigenvalue weighted by Gasteiger charge is 2.20. The van der Waals surface area contributed by atoms with Crippen LogP contribution in [0.3, 0.4) is 0 Å². The first-order chi connectivity index (χ1) is 4.47. The van der Waals surface area contributed by atoms with Gasteiger partial charge in [0, 0.05) is 12.1 Å². The van der Waals surface area contributed by atoms with Crippen molar-refractivity contribution < 1.29 is 0 Å². The predicted octanol–water partition coefficient (Wildman–Crippen LogP) is 1.91. The van der Waals surface area contributed by atoms with Crippen LogP contribution in [-0.4, -0.2) is 6.04 Å². The molecule has 0 aromatic rings. The van der Waals surface area contributed by atoms with Crippen LogP contribution < -0.4 is 0 Å². The third-order valence-electron chi connectivity index (χ3n) is 1.77. The molecule has 2 aliphatic rings. The highest BCUT2D eigenvalue weighted by molar-refractivity contribution is 5.13. The molecule has 0 aromatic heterocycles. The lowest BCUT2D eigenvalue weighted by Crippen LogP contribution is -2.10. The third kappa shape index (κ3) is 0.707. The monoisotopic (exact) mass is 120 g/mol. The van der Waals surface area contributed by atoms with Crippen molar-refractivity contribution in [3.05, 3.63) is 24.4 Å². The Morgan fingerprint density at radius 3 is 3.22 bits per heavy atom. The van der Waals surface area contributed by atoms with Gasteiger partial charge >= 0.3 is 0 Å². The van der Waals surface area contributed by atoms with Crippen LogP contribution in [0.5, 0.6) is 0 Å². The summed E-state index contributed by atoms with van der Waals surface area (Å²) in [6.45, 7) is 0. The van der Waals surface area contributed by atoms with E-state index in [1.54, 1.807) is 6.20 Å². The zero-order chi connectivity index (χ0) is 6.10. The molecule has 1 heterocycles. The summed E-state index contributed by atoms with van der Waals surface area (Å²) in [4.78, 5) is 0. The molecule has 9 heavy (non-hydrogen) atoms. The molecule has 1 aliphatic heterocycles. The van der Waals surface area contributed by atoms with Gasteiger partial charge in [-0.2, -0.15) is 10.2 Å². The maximum Gasteiger partial charge on any atom is 0.0844 e. The summed E-state index contributed by atoms with van der Waals surface area (Å²) < 4.78 is 0. The van der Waals surface area contributed by atoms with E-state index >= 15 is 0 Å². The SMILES string of the molecule is C1=CC2C=CN=NC2C1. The minimum absolute atomic E-state index is 0.426. The van der Waals surface area contributed by atoms with Crippen LogP contribution in [0, 0.1) is 5.92 Å². The standard InChI is InChI=1S/C7H8N2/c1-2-6-4-5-8-9-7(6)3-1/h1-2,4-7H,3H2. The highest BCUT2D eigenvalue weighted by atomic mass is 15.1. The molecule has 0 saturated heterocycles. The van der Waals surface area contributed by atoms with Gasteiger partial charge in [-0.1, -0.05) is 18.2 Å². The molecular formula is C7H8N2. The molecule has 0 amide bonds. The number of hydrogen-bond donors (Lipinski definition) is 0. The Morgan fingerprint density at radius 2 is 2.33 bits per heavy atom. The Kier molecular flexibility index (Phi) is 0.979. The molecule has 0 saturated carbocycles. The fourth-order valence-corrected chi connectivity index (χ4v) is 1.24. The molecule has 46 valence electrons. The number of rotatable bonds is 0. The molecule has 2 rings (SSSR count). The molecule has 0 aromatic carbocycles. The first-order valence-corrected chi connectivity index (χ1v) is 3.20. The molecule has 0 radical (unpaired) electrons. The van der Waals surface area contributed by atoms with E-state index in [1.165, 1.54) is 0 Å². The number of fused-ring (bicyclic) bond motifs is 1. The van der Waals surface area contributed by atoms with Crippen molar-refractivity contribution in [1.29, 1.82) is 0 Å². The zero-order valence-corrected chi connectivity index (χ0v) is 5.07. The van der Waals surface area contributed by atoms with Gasteiger partial charge in [0.1, 0.15) is 0 Å². The van der Waals surface area contributed by atoms with Crippen molar-refractivity contribution in [2.24, 2.45) is 16.1 Å². The Balaban J connectivity index is 2.25. The molecular weight excluding hydrogens is 112 g/mol. The largest absolute Gasteiger partial charge is 0.185 e. The van der Waals surface area contributed by atoms with Crippen molar-refractivity contribution in [3.8, 4) is 0 Å².